The molecule has 0 atom stereocenters. The van der Waals surface area contributed by atoms with Gasteiger partial charge in [0.25, 0.3) is 5.91 Å². The van der Waals surface area contributed by atoms with Gasteiger partial charge in [0.05, 0.1) is 11.1 Å². The number of aromatic nitrogens is 3. The monoisotopic (exact) mass is 520 g/mol. The van der Waals surface area contributed by atoms with E-state index in [0.717, 1.165) is 61.1 Å². The summed E-state index contributed by atoms with van der Waals surface area (Å²) in [4.78, 5) is 21.0. The van der Waals surface area contributed by atoms with Gasteiger partial charge in [0.1, 0.15) is 11.4 Å². The maximum atomic E-state index is 12.8. The molecule has 9 heteroatoms. The first-order chi connectivity index (χ1) is 18.3. The topological polar surface area (TPSA) is 69.0 Å². The number of hydrogen-bond donors (Lipinski definition) is 1. The Morgan fingerprint density at radius 3 is 2.63 bits per heavy atom. The fraction of sp³-hybridized carbons (Fsp3) is 0.276. The second-order valence-corrected chi connectivity index (χ2v) is 9.35. The molecule has 38 heavy (non-hydrogen) atoms. The molecular weight excluding hydrogens is 493 g/mol. The molecule has 0 aliphatic heterocycles. The molecule has 0 spiro atoms. The Hall–Kier alpha value is -4.14. The molecule has 196 valence electrons. The lowest BCUT2D eigenvalue weighted by molar-refractivity contribution is -0.137. The first-order valence-electron chi connectivity index (χ1n) is 12.5. The largest absolute Gasteiger partial charge is 0.439 e. The summed E-state index contributed by atoms with van der Waals surface area (Å²) in [5.74, 6) is 0.478. The second kappa shape index (κ2) is 10.7. The summed E-state index contributed by atoms with van der Waals surface area (Å²) in [6.45, 7) is 2.88. The zero-order chi connectivity index (χ0) is 26.7. The minimum Gasteiger partial charge on any atom is -0.439 e. The van der Waals surface area contributed by atoms with E-state index >= 15 is 0 Å². The predicted octanol–water partition coefficient (Wildman–Crippen LogP) is 7.02. The Labute approximate surface area is 218 Å². The normalized spacial score (nSPS) is 15.9. The van der Waals surface area contributed by atoms with Crippen molar-refractivity contribution >= 4 is 23.0 Å². The standard InChI is InChI=1S/C29H27F3N4O2/c1-2-36-13-12-21-16-22(17-34-27(21)36)28(37)35-24-9-6-19(7-10-24)14-20-4-3-5-25(15-20)38-26-11-8-23(18-33-26)29(30,31)32/h3-5,8,11-18,24H,2,6-7,9-10H2,1H3,(H,35,37). The van der Waals surface area contributed by atoms with Crippen LogP contribution in [-0.2, 0) is 12.7 Å². The third-order valence-corrected chi connectivity index (χ3v) is 6.68. The minimum atomic E-state index is -4.44. The number of nitrogens with one attached hydrogen (secondary N) is 1. The smallest absolute Gasteiger partial charge is 0.417 e. The van der Waals surface area contributed by atoms with Crippen LogP contribution < -0.4 is 10.1 Å². The molecule has 5 rings (SSSR count). The van der Waals surface area contributed by atoms with Crippen molar-refractivity contribution in [2.45, 2.75) is 51.4 Å². The minimum absolute atomic E-state index is 0.0935. The van der Waals surface area contributed by atoms with Crippen molar-refractivity contribution in [2.24, 2.45) is 0 Å². The van der Waals surface area contributed by atoms with Gasteiger partial charge in [-0.25, -0.2) is 9.97 Å². The number of aryl methyl sites for hydroxylation is 1. The fourth-order valence-electron chi connectivity index (χ4n) is 4.64. The van der Waals surface area contributed by atoms with Gasteiger partial charge in [0, 0.05) is 42.6 Å². The Morgan fingerprint density at radius 1 is 1.11 bits per heavy atom. The van der Waals surface area contributed by atoms with Gasteiger partial charge >= 0.3 is 6.18 Å². The van der Waals surface area contributed by atoms with Crippen LogP contribution in [0.1, 0.15) is 54.1 Å². The van der Waals surface area contributed by atoms with Crippen LogP contribution in [0.2, 0.25) is 0 Å². The van der Waals surface area contributed by atoms with Crippen molar-refractivity contribution in [3.63, 3.8) is 0 Å². The molecule has 1 saturated carbocycles. The van der Waals surface area contributed by atoms with Gasteiger partial charge in [-0.15, -0.1) is 0 Å². The van der Waals surface area contributed by atoms with Crippen molar-refractivity contribution in [1.29, 1.82) is 0 Å². The average Bonchev–Trinajstić information content (AvgIpc) is 3.32. The zero-order valence-electron chi connectivity index (χ0n) is 20.8. The number of fused-ring (bicyclic) bond motifs is 1. The maximum Gasteiger partial charge on any atom is 0.417 e. The van der Waals surface area contributed by atoms with Gasteiger partial charge in [-0.1, -0.05) is 23.8 Å². The number of hydrogen-bond acceptors (Lipinski definition) is 4. The van der Waals surface area contributed by atoms with Crippen molar-refractivity contribution in [1.82, 2.24) is 19.9 Å². The van der Waals surface area contributed by atoms with Gasteiger partial charge in [-0.3, -0.25) is 4.79 Å². The SMILES string of the molecule is CCn1ccc2cc(C(=O)NC3CCC(=Cc4cccc(Oc5ccc(C(F)(F)F)cn5)c4)CC3)cnc21. The third kappa shape index (κ3) is 5.88. The number of alkyl halides is 3. The van der Waals surface area contributed by atoms with E-state index in [9.17, 15) is 18.0 Å². The molecule has 6 nitrogen and oxygen atoms in total. The number of benzene rings is 1. The summed E-state index contributed by atoms with van der Waals surface area (Å²) in [7, 11) is 0. The fourth-order valence-corrected chi connectivity index (χ4v) is 4.64. The van der Waals surface area contributed by atoms with E-state index in [-0.39, 0.29) is 17.8 Å². The molecule has 0 saturated heterocycles. The zero-order valence-corrected chi connectivity index (χ0v) is 20.8. The highest BCUT2D eigenvalue weighted by molar-refractivity contribution is 5.97. The van der Waals surface area contributed by atoms with Crippen LogP contribution in [0.15, 0.2) is 72.7 Å². The maximum absolute atomic E-state index is 12.8. The van der Waals surface area contributed by atoms with Crippen molar-refractivity contribution in [3.05, 3.63) is 89.4 Å². The summed E-state index contributed by atoms with van der Waals surface area (Å²) in [5.41, 5.74) is 2.82. The lowest BCUT2D eigenvalue weighted by Crippen LogP contribution is -2.36. The summed E-state index contributed by atoms with van der Waals surface area (Å²) in [6.07, 6.45) is 5.41. The summed E-state index contributed by atoms with van der Waals surface area (Å²) in [6, 6.07) is 13.4. The number of amides is 1. The van der Waals surface area contributed by atoms with Crippen LogP contribution in [0.25, 0.3) is 17.1 Å². The van der Waals surface area contributed by atoms with Crippen LogP contribution >= 0.6 is 0 Å². The van der Waals surface area contributed by atoms with Crippen LogP contribution in [0.3, 0.4) is 0 Å². The number of nitrogens with zero attached hydrogens (tertiary/aromatic N) is 3. The summed E-state index contributed by atoms with van der Waals surface area (Å²) >= 11 is 0. The Bertz CT molecular complexity index is 1470. The average molecular weight is 521 g/mol. The molecule has 0 radical (unpaired) electrons. The van der Waals surface area contributed by atoms with E-state index in [1.54, 1.807) is 12.3 Å². The molecule has 4 aromatic rings. The summed E-state index contributed by atoms with van der Waals surface area (Å²) < 4.78 is 45.9. The predicted molar refractivity (Wildman–Crippen MR) is 139 cm³/mol. The number of carbonyl (C=O) groups is 1. The number of ether oxygens (including phenoxy) is 1. The number of allylic oxidation sites excluding steroid dienone is 1. The third-order valence-electron chi connectivity index (χ3n) is 6.68. The van der Waals surface area contributed by atoms with Crippen LogP contribution in [-0.4, -0.2) is 26.5 Å². The van der Waals surface area contributed by atoms with Crippen LogP contribution in [0, 0.1) is 0 Å². The molecule has 0 unspecified atom stereocenters. The molecular formula is C29H27F3N4O2. The van der Waals surface area contributed by atoms with E-state index in [1.807, 2.05) is 41.1 Å². The molecule has 3 aromatic heterocycles. The number of rotatable bonds is 6. The van der Waals surface area contributed by atoms with E-state index in [0.29, 0.717) is 11.3 Å². The van der Waals surface area contributed by atoms with Gasteiger partial charge in [-0.05, 0) is 68.5 Å². The quantitative estimate of drug-likeness (QED) is 0.297. The van der Waals surface area contributed by atoms with Gasteiger partial charge < -0.3 is 14.6 Å². The highest BCUT2D eigenvalue weighted by Crippen LogP contribution is 2.31. The first-order valence-corrected chi connectivity index (χ1v) is 12.5. The highest BCUT2D eigenvalue weighted by atomic mass is 19.4. The van der Waals surface area contributed by atoms with Gasteiger partial charge in [0.15, 0.2) is 0 Å². The van der Waals surface area contributed by atoms with E-state index in [1.165, 1.54) is 11.6 Å². The first kappa shape index (κ1) is 25.5. The second-order valence-electron chi connectivity index (χ2n) is 9.35. The highest BCUT2D eigenvalue weighted by Gasteiger charge is 2.30. The van der Waals surface area contributed by atoms with Crippen molar-refractivity contribution < 1.29 is 22.7 Å². The molecule has 1 N–H and O–H groups in total. The Kier molecular flexibility index (Phi) is 7.18. The van der Waals surface area contributed by atoms with Gasteiger partial charge in [-0.2, -0.15) is 13.2 Å². The van der Waals surface area contributed by atoms with Crippen LogP contribution in [0.4, 0.5) is 13.2 Å². The Balaban J connectivity index is 1.17. The molecule has 1 aromatic carbocycles. The number of pyridine rings is 2. The van der Waals surface area contributed by atoms with Crippen molar-refractivity contribution in [3.8, 4) is 11.6 Å². The molecule has 3 heterocycles. The number of halogens is 3. The molecule has 1 aliphatic rings. The Morgan fingerprint density at radius 2 is 1.92 bits per heavy atom. The van der Waals surface area contributed by atoms with Gasteiger partial charge in [0.2, 0.25) is 5.88 Å². The lowest BCUT2D eigenvalue weighted by atomic mass is 9.89. The number of carbonyl (C=O) groups excluding carboxylic acids is 1. The van der Waals surface area contributed by atoms with E-state index < -0.39 is 11.7 Å². The molecule has 1 fully saturated rings. The van der Waals surface area contributed by atoms with Crippen LogP contribution in [0.5, 0.6) is 11.6 Å². The van der Waals surface area contributed by atoms with E-state index in [2.05, 4.69) is 28.3 Å². The molecule has 1 amide bonds. The summed E-state index contributed by atoms with van der Waals surface area (Å²) in [5, 5.41) is 4.10. The molecule has 1 aliphatic carbocycles. The van der Waals surface area contributed by atoms with E-state index in [4.69, 9.17) is 4.74 Å². The lowest BCUT2D eigenvalue weighted by Gasteiger charge is -2.25. The molecule has 0 bridgehead atoms. The van der Waals surface area contributed by atoms with Crippen molar-refractivity contribution in [2.75, 3.05) is 0 Å².